The second-order valence-corrected chi connectivity index (χ2v) is 19.5. The fourth-order valence-corrected chi connectivity index (χ4v) is 10.0. The Morgan fingerprint density at radius 2 is 1.12 bits per heavy atom. The summed E-state index contributed by atoms with van der Waals surface area (Å²) in [7, 11) is 0. The molecule has 0 unspecified atom stereocenters. The van der Waals surface area contributed by atoms with Gasteiger partial charge in [-0.2, -0.15) is 0 Å². The standard InChI is InChI=1S/C59H47N3O2/c1-34-45-33-52(63-57-42-22-11-9-18-36(42)32-49(60-57)38-27-35-17-8-10-21-41(35)48(31-38)59(5,6)7)61-53(37-19-16-20-40(28-37)58(2,3)4)56(45)64-55(34)39-29-46-43-23-12-14-25-50(43)62-51-26-15-13-24-44(51)47(30-39)54(46)62/h8-33H,1-7H3. The fourth-order valence-electron chi connectivity index (χ4n) is 10.0. The van der Waals surface area contributed by atoms with Crippen LogP contribution in [0.25, 0.3) is 104 Å². The monoisotopic (exact) mass is 829 g/mol. The van der Waals surface area contributed by atoms with Crippen molar-refractivity contribution in [2.24, 2.45) is 0 Å². The summed E-state index contributed by atoms with van der Waals surface area (Å²) in [6.07, 6.45) is 0. The lowest BCUT2D eigenvalue weighted by Gasteiger charge is -2.23. The zero-order valence-corrected chi connectivity index (χ0v) is 37.2. The summed E-state index contributed by atoms with van der Waals surface area (Å²) in [5, 5.41) is 10.2. The molecule has 0 amide bonds. The highest BCUT2D eigenvalue weighted by Gasteiger charge is 2.25. The number of para-hydroxylation sites is 2. The second-order valence-electron chi connectivity index (χ2n) is 19.5. The zero-order chi connectivity index (χ0) is 43.6. The van der Waals surface area contributed by atoms with Crippen LogP contribution in [0.2, 0.25) is 0 Å². The Labute approximate surface area is 371 Å². The van der Waals surface area contributed by atoms with Gasteiger partial charge >= 0.3 is 0 Å². The molecular weight excluding hydrogens is 783 g/mol. The van der Waals surface area contributed by atoms with Crippen molar-refractivity contribution < 1.29 is 9.15 Å². The number of aromatic nitrogens is 3. The number of rotatable bonds is 5. The van der Waals surface area contributed by atoms with E-state index in [-0.39, 0.29) is 10.8 Å². The molecule has 0 aliphatic carbocycles. The maximum atomic E-state index is 7.12. The highest BCUT2D eigenvalue weighted by molar-refractivity contribution is 6.24. The van der Waals surface area contributed by atoms with Gasteiger partial charge in [0.25, 0.3) is 0 Å². The number of hydrogen-bond donors (Lipinski definition) is 0. The Morgan fingerprint density at radius 3 is 1.80 bits per heavy atom. The van der Waals surface area contributed by atoms with Gasteiger partial charge in [0.2, 0.25) is 11.8 Å². The topological polar surface area (TPSA) is 52.6 Å². The third kappa shape index (κ3) is 5.91. The molecule has 5 heteroatoms. The Bertz CT molecular complexity index is 3770. The first kappa shape index (κ1) is 38.2. The van der Waals surface area contributed by atoms with Gasteiger partial charge < -0.3 is 13.6 Å². The number of hydrogen-bond acceptors (Lipinski definition) is 4. The van der Waals surface area contributed by atoms with Gasteiger partial charge in [0.15, 0.2) is 5.58 Å². The summed E-state index contributed by atoms with van der Waals surface area (Å²) < 4.78 is 16.5. The summed E-state index contributed by atoms with van der Waals surface area (Å²) >= 11 is 0. The molecule has 64 heavy (non-hydrogen) atoms. The lowest BCUT2D eigenvalue weighted by molar-refractivity contribution is 0.452. The number of nitrogens with zero attached hydrogens (tertiary/aromatic N) is 3. The van der Waals surface area contributed by atoms with Gasteiger partial charge in [0, 0.05) is 60.6 Å². The lowest BCUT2D eigenvalue weighted by Crippen LogP contribution is -2.12. The van der Waals surface area contributed by atoms with E-state index >= 15 is 0 Å². The Kier molecular flexibility index (Phi) is 8.21. The Morgan fingerprint density at radius 1 is 0.500 bits per heavy atom. The number of pyridine rings is 2. The summed E-state index contributed by atoms with van der Waals surface area (Å²) in [5.74, 6) is 1.77. The van der Waals surface area contributed by atoms with Crippen LogP contribution in [0.4, 0.5) is 0 Å². The van der Waals surface area contributed by atoms with Crippen LogP contribution in [0.3, 0.4) is 0 Å². The van der Waals surface area contributed by atoms with Crippen molar-refractivity contribution in [1.29, 1.82) is 0 Å². The first-order valence-corrected chi connectivity index (χ1v) is 22.2. The van der Waals surface area contributed by atoms with Crippen molar-refractivity contribution >= 4 is 70.6 Å². The minimum Gasteiger partial charge on any atom is -0.453 e. The lowest BCUT2D eigenvalue weighted by atomic mass is 9.82. The van der Waals surface area contributed by atoms with Gasteiger partial charge in [-0.3, -0.25) is 0 Å². The van der Waals surface area contributed by atoms with E-state index in [2.05, 4.69) is 198 Å². The molecule has 12 aromatic rings. The van der Waals surface area contributed by atoms with Gasteiger partial charge in [-0.15, -0.1) is 0 Å². The number of furan rings is 1. The van der Waals surface area contributed by atoms with Crippen LogP contribution in [0.15, 0.2) is 162 Å². The molecule has 0 bridgehead atoms. The van der Waals surface area contributed by atoms with Gasteiger partial charge in [0.1, 0.15) is 11.5 Å². The molecule has 0 spiro atoms. The molecular formula is C59H47N3O2. The van der Waals surface area contributed by atoms with Gasteiger partial charge in [-0.25, -0.2) is 9.97 Å². The van der Waals surface area contributed by atoms with E-state index in [0.717, 1.165) is 61.1 Å². The number of aryl methyl sites for hydroxylation is 1. The van der Waals surface area contributed by atoms with Crippen LogP contribution in [-0.4, -0.2) is 14.4 Å². The SMILES string of the molecule is Cc1c(-c2cc3c4ccccc4n4c5ccccc5c(c2)c34)oc2c(-c3cccc(C(C)(C)C)c3)nc(Oc3nc(-c4cc(C(C)(C)C)c5ccccc5c4)cc4ccccc34)cc12. The molecule has 0 aliphatic rings. The summed E-state index contributed by atoms with van der Waals surface area (Å²) in [6, 6.07) is 56.3. The predicted molar refractivity (Wildman–Crippen MR) is 266 cm³/mol. The molecule has 0 fully saturated rings. The van der Waals surface area contributed by atoms with E-state index < -0.39 is 0 Å². The molecule has 5 nitrogen and oxygen atoms in total. The summed E-state index contributed by atoms with van der Waals surface area (Å²) in [6.45, 7) is 15.7. The van der Waals surface area contributed by atoms with Crippen molar-refractivity contribution in [3.05, 3.63) is 174 Å². The highest BCUT2D eigenvalue weighted by atomic mass is 16.5. The van der Waals surface area contributed by atoms with Crippen molar-refractivity contribution in [2.45, 2.75) is 59.3 Å². The summed E-state index contributed by atoms with van der Waals surface area (Å²) in [4.78, 5) is 10.6. The molecule has 310 valence electrons. The number of fused-ring (bicyclic) bond motifs is 9. The molecule has 5 aromatic heterocycles. The van der Waals surface area contributed by atoms with E-state index in [1.165, 1.54) is 60.0 Å². The Balaban J connectivity index is 1.07. The molecule has 12 rings (SSSR count). The maximum Gasteiger partial charge on any atom is 0.229 e. The maximum absolute atomic E-state index is 7.12. The van der Waals surface area contributed by atoms with Crippen molar-refractivity contribution in [1.82, 2.24) is 14.4 Å². The van der Waals surface area contributed by atoms with Crippen molar-refractivity contribution in [2.75, 3.05) is 0 Å². The van der Waals surface area contributed by atoms with Gasteiger partial charge in [0.05, 0.1) is 22.2 Å². The fraction of sp³-hybridized carbons (Fsp3) is 0.153. The highest BCUT2D eigenvalue weighted by Crippen LogP contribution is 2.46. The van der Waals surface area contributed by atoms with E-state index in [4.69, 9.17) is 19.1 Å². The molecule has 0 saturated carbocycles. The van der Waals surface area contributed by atoms with E-state index in [0.29, 0.717) is 11.8 Å². The zero-order valence-electron chi connectivity index (χ0n) is 37.2. The molecule has 0 atom stereocenters. The van der Waals surface area contributed by atoms with Crippen LogP contribution in [0, 0.1) is 6.92 Å². The number of ether oxygens (including phenoxy) is 1. The minimum atomic E-state index is -0.0695. The van der Waals surface area contributed by atoms with Crippen LogP contribution in [-0.2, 0) is 10.8 Å². The van der Waals surface area contributed by atoms with Crippen molar-refractivity contribution in [3.8, 4) is 45.6 Å². The Hall–Kier alpha value is -7.50. The number of benzene rings is 7. The van der Waals surface area contributed by atoms with Crippen LogP contribution in [0.1, 0.15) is 58.2 Å². The van der Waals surface area contributed by atoms with E-state index in [1.807, 2.05) is 12.1 Å². The first-order chi connectivity index (χ1) is 30.9. The third-order valence-corrected chi connectivity index (χ3v) is 13.2. The first-order valence-electron chi connectivity index (χ1n) is 22.2. The largest absolute Gasteiger partial charge is 0.453 e. The molecule has 0 radical (unpaired) electrons. The van der Waals surface area contributed by atoms with Gasteiger partial charge in [-0.05, 0) is 99.6 Å². The third-order valence-electron chi connectivity index (χ3n) is 13.2. The van der Waals surface area contributed by atoms with Crippen molar-refractivity contribution in [3.63, 3.8) is 0 Å². The normalized spacial score (nSPS) is 12.6. The van der Waals surface area contributed by atoms with E-state index in [9.17, 15) is 0 Å². The molecule has 7 aromatic carbocycles. The quantitative estimate of drug-likeness (QED) is 0.173. The molecule has 0 N–H and O–H groups in total. The van der Waals surface area contributed by atoms with Crippen LogP contribution < -0.4 is 4.74 Å². The molecule has 0 aliphatic heterocycles. The van der Waals surface area contributed by atoms with Crippen LogP contribution >= 0.6 is 0 Å². The smallest absolute Gasteiger partial charge is 0.229 e. The predicted octanol–water partition coefficient (Wildman–Crippen LogP) is 16.4. The van der Waals surface area contributed by atoms with Gasteiger partial charge in [-0.1, -0.05) is 139 Å². The second kappa shape index (κ2) is 13.7. The average molecular weight is 830 g/mol. The van der Waals surface area contributed by atoms with E-state index in [1.54, 1.807) is 0 Å². The average Bonchev–Trinajstić information content (AvgIpc) is 3.94. The molecule has 5 heterocycles. The van der Waals surface area contributed by atoms with Crippen LogP contribution in [0.5, 0.6) is 11.8 Å². The minimum absolute atomic E-state index is 0.0694. The summed E-state index contributed by atoms with van der Waals surface area (Å²) in [5.41, 5.74) is 12.3. The molecule has 0 saturated heterocycles.